The largest absolute Gasteiger partial charge is 0.478 e. The number of carboxylic acid groups (broad SMARTS) is 1. The highest BCUT2D eigenvalue weighted by Gasteiger charge is 2.12. The van der Waals surface area contributed by atoms with E-state index in [2.05, 4.69) is 5.32 Å². The minimum absolute atomic E-state index is 0.163. The minimum atomic E-state index is -1.03. The second-order valence-corrected chi connectivity index (χ2v) is 5.18. The molecule has 0 aliphatic rings. The average Bonchev–Trinajstić information content (AvgIpc) is 2.43. The highest BCUT2D eigenvalue weighted by molar-refractivity contribution is 6.31. The van der Waals surface area contributed by atoms with Crippen LogP contribution in [0.4, 0.5) is 5.69 Å². The van der Waals surface area contributed by atoms with Crippen LogP contribution in [0.15, 0.2) is 36.4 Å². The third-order valence-corrected chi connectivity index (χ3v) is 3.41. The first-order chi connectivity index (χ1) is 9.88. The molecule has 2 rings (SSSR count). The smallest absolute Gasteiger partial charge is 0.336 e. The summed E-state index contributed by atoms with van der Waals surface area (Å²) in [7, 11) is 0. The lowest BCUT2D eigenvalue weighted by molar-refractivity contribution is 0.0695. The molecule has 2 aromatic rings. The zero-order chi connectivity index (χ0) is 15.6. The number of carbonyl (C=O) groups is 2. The second kappa shape index (κ2) is 5.97. The third-order valence-electron chi connectivity index (χ3n) is 3.17. The molecule has 0 spiro atoms. The Morgan fingerprint density at radius 3 is 2.29 bits per heavy atom. The van der Waals surface area contributed by atoms with Crippen LogP contribution >= 0.6 is 11.6 Å². The van der Waals surface area contributed by atoms with Gasteiger partial charge in [-0.25, -0.2) is 4.79 Å². The molecule has 0 aliphatic heterocycles. The number of rotatable bonds is 3. The summed E-state index contributed by atoms with van der Waals surface area (Å²) in [6, 6.07) is 9.81. The lowest BCUT2D eigenvalue weighted by atomic mass is 10.1. The standard InChI is InChI=1S/C16H14ClNO3/c1-9-3-5-11(17)7-13(9)15(19)18-12-6-4-10(2)14(8-12)16(20)21/h3-8H,1-2H3,(H,18,19)(H,20,21). The first kappa shape index (κ1) is 15.1. The first-order valence-corrected chi connectivity index (χ1v) is 6.67. The zero-order valence-corrected chi connectivity index (χ0v) is 12.4. The molecule has 0 aliphatic carbocycles. The maximum Gasteiger partial charge on any atom is 0.336 e. The van der Waals surface area contributed by atoms with Crippen LogP contribution in [-0.4, -0.2) is 17.0 Å². The summed E-state index contributed by atoms with van der Waals surface area (Å²) < 4.78 is 0. The van der Waals surface area contributed by atoms with Crippen molar-refractivity contribution in [3.05, 3.63) is 63.7 Å². The lowest BCUT2D eigenvalue weighted by Crippen LogP contribution is -2.14. The molecule has 0 atom stereocenters. The maximum absolute atomic E-state index is 12.2. The van der Waals surface area contributed by atoms with Crippen molar-refractivity contribution in [2.24, 2.45) is 0 Å². The number of halogens is 1. The monoisotopic (exact) mass is 303 g/mol. The number of aryl methyl sites for hydroxylation is 2. The van der Waals surface area contributed by atoms with E-state index in [0.29, 0.717) is 21.8 Å². The quantitative estimate of drug-likeness (QED) is 0.903. The fourth-order valence-corrected chi connectivity index (χ4v) is 2.14. The van der Waals surface area contributed by atoms with Gasteiger partial charge in [-0.05, 0) is 49.2 Å². The Hall–Kier alpha value is -2.33. The van der Waals surface area contributed by atoms with Crippen molar-refractivity contribution >= 4 is 29.2 Å². The molecular formula is C16H14ClNO3. The second-order valence-electron chi connectivity index (χ2n) is 4.75. The van der Waals surface area contributed by atoms with Crippen LogP contribution in [0.3, 0.4) is 0 Å². The normalized spacial score (nSPS) is 10.2. The molecule has 21 heavy (non-hydrogen) atoms. The van der Waals surface area contributed by atoms with Gasteiger partial charge in [-0.1, -0.05) is 23.7 Å². The van der Waals surface area contributed by atoms with Gasteiger partial charge < -0.3 is 10.4 Å². The molecule has 4 nitrogen and oxygen atoms in total. The van der Waals surface area contributed by atoms with Gasteiger partial charge in [-0.15, -0.1) is 0 Å². The van der Waals surface area contributed by atoms with E-state index in [1.165, 1.54) is 6.07 Å². The molecule has 0 fully saturated rings. The molecule has 5 heteroatoms. The summed E-state index contributed by atoms with van der Waals surface area (Å²) in [5.74, 6) is -1.35. The van der Waals surface area contributed by atoms with E-state index in [-0.39, 0.29) is 11.5 Å². The predicted molar refractivity (Wildman–Crippen MR) is 82.3 cm³/mol. The molecule has 0 aromatic heterocycles. The van der Waals surface area contributed by atoms with E-state index in [0.717, 1.165) is 5.56 Å². The summed E-state index contributed by atoms with van der Waals surface area (Å²) in [4.78, 5) is 23.3. The molecule has 0 unspecified atom stereocenters. The van der Waals surface area contributed by atoms with Crippen LogP contribution in [0.5, 0.6) is 0 Å². The van der Waals surface area contributed by atoms with Crippen molar-refractivity contribution in [2.45, 2.75) is 13.8 Å². The average molecular weight is 304 g/mol. The summed E-state index contributed by atoms with van der Waals surface area (Å²) >= 11 is 5.89. The van der Waals surface area contributed by atoms with Gasteiger partial charge in [0, 0.05) is 16.3 Å². The van der Waals surface area contributed by atoms with Crippen LogP contribution in [-0.2, 0) is 0 Å². The van der Waals surface area contributed by atoms with Crippen molar-refractivity contribution in [1.82, 2.24) is 0 Å². The Labute approximate surface area is 127 Å². The number of amides is 1. The summed E-state index contributed by atoms with van der Waals surface area (Å²) in [5, 5.41) is 12.3. The van der Waals surface area contributed by atoms with Crippen molar-refractivity contribution in [3.8, 4) is 0 Å². The summed E-state index contributed by atoms with van der Waals surface area (Å²) in [6.45, 7) is 3.51. The highest BCUT2D eigenvalue weighted by Crippen LogP contribution is 2.19. The third kappa shape index (κ3) is 3.41. The van der Waals surface area contributed by atoms with Gasteiger partial charge in [0.05, 0.1) is 5.56 Å². The van der Waals surface area contributed by atoms with Crippen LogP contribution in [0.1, 0.15) is 31.8 Å². The Balaban J connectivity index is 2.29. The van der Waals surface area contributed by atoms with Crippen LogP contribution in [0, 0.1) is 13.8 Å². The molecule has 0 heterocycles. The molecule has 1 amide bonds. The molecule has 0 saturated heterocycles. The highest BCUT2D eigenvalue weighted by atomic mass is 35.5. The molecule has 2 aromatic carbocycles. The molecule has 2 N–H and O–H groups in total. The SMILES string of the molecule is Cc1ccc(NC(=O)c2cc(Cl)ccc2C)cc1C(=O)O. The fraction of sp³-hybridized carbons (Fsp3) is 0.125. The van der Waals surface area contributed by atoms with E-state index in [4.69, 9.17) is 16.7 Å². The van der Waals surface area contributed by atoms with Gasteiger partial charge >= 0.3 is 5.97 Å². The number of nitrogens with one attached hydrogen (secondary N) is 1. The molecule has 0 bridgehead atoms. The van der Waals surface area contributed by atoms with Gasteiger partial charge in [0.25, 0.3) is 5.91 Å². The van der Waals surface area contributed by atoms with Crippen LogP contribution < -0.4 is 5.32 Å². The van der Waals surface area contributed by atoms with Gasteiger partial charge in [0.2, 0.25) is 0 Å². The zero-order valence-electron chi connectivity index (χ0n) is 11.6. The molecule has 0 radical (unpaired) electrons. The Kier molecular flexibility index (Phi) is 4.29. The van der Waals surface area contributed by atoms with Crippen molar-refractivity contribution in [1.29, 1.82) is 0 Å². The Morgan fingerprint density at radius 1 is 1.00 bits per heavy atom. The molecular weight excluding hydrogens is 290 g/mol. The number of carboxylic acids is 1. The van der Waals surface area contributed by atoms with E-state index in [9.17, 15) is 9.59 Å². The fourth-order valence-electron chi connectivity index (χ4n) is 1.97. The topological polar surface area (TPSA) is 66.4 Å². The van der Waals surface area contributed by atoms with Gasteiger partial charge in [-0.2, -0.15) is 0 Å². The van der Waals surface area contributed by atoms with E-state index >= 15 is 0 Å². The summed E-state index contributed by atoms with van der Waals surface area (Å²) in [6.07, 6.45) is 0. The number of carbonyl (C=O) groups excluding carboxylic acids is 1. The van der Waals surface area contributed by atoms with Crippen molar-refractivity contribution in [3.63, 3.8) is 0 Å². The number of aromatic carboxylic acids is 1. The lowest BCUT2D eigenvalue weighted by Gasteiger charge is -2.10. The summed E-state index contributed by atoms with van der Waals surface area (Å²) in [5.41, 5.74) is 2.49. The van der Waals surface area contributed by atoms with Crippen molar-refractivity contribution < 1.29 is 14.7 Å². The molecule has 0 saturated carbocycles. The molecule has 108 valence electrons. The van der Waals surface area contributed by atoms with Gasteiger partial charge in [0.1, 0.15) is 0 Å². The van der Waals surface area contributed by atoms with Crippen molar-refractivity contribution in [2.75, 3.05) is 5.32 Å². The van der Waals surface area contributed by atoms with E-state index < -0.39 is 5.97 Å². The maximum atomic E-state index is 12.2. The number of hydrogen-bond acceptors (Lipinski definition) is 2. The van der Waals surface area contributed by atoms with Crippen LogP contribution in [0.25, 0.3) is 0 Å². The Bertz CT molecular complexity index is 725. The van der Waals surface area contributed by atoms with E-state index in [1.54, 1.807) is 37.3 Å². The van der Waals surface area contributed by atoms with Gasteiger partial charge in [0.15, 0.2) is 0 Å². The Morgan fingerprint density at radius 2 is 1.62 bits per heavy atom. The first-order valence-electron chi connectivity index (χ1n) is 6.30. The number of hydrogen-bond donors (Lipinski definition) is 2. The van der Waals surface area contributed by atoms with Gasteiger partial charge in [-0.3, -0.25) is 4.79 Å². The number of anilines is 1. The van der Waals surface area contributed by atoms with E-state index in [1.807, 2.05) is 6.92 Å². The predicted octanol–water partition coefficient (Wildman–Crippen LogP) is 3.91. The number of benzene rings is 2. The van der Waals surface area contributed by atoms with Crippen LogP contribution in [0.2, 0.25) is 5.02 Å². The minimum Gasteiger partial charge on any atom is -0.478 e.